The van der Waals surface area contributed by atoms with Gasteiger partial charge in [0, 0.05) is 35.8 Å². The van der Waals surface area contributed by atoms with Crippen molar-refractivity contribution in [2.75, 3.05) is 6.54 Å². The van der Waals surface area contributed by atoms with Crippen LogP contribution in [0.25, 0.3) is 11.3 Å². The minimum Gasteiger partial charge on any atom is -0.267 e. The highest BCUT2D eigenvalue weighted by atomic mass is 32.2. The summed E-state index contributed by atoms with van der Waals surface area (Å²) in [6.07, 6.45) is 7.67. The van der Waals surface area contributed by atoms with Gasteiger partial charge in [-0.25, -0.2) is 17.5 Å². The molecule has 2 heterocycles. The SMILES string of the molecule is Cc1cc(F)ccc1S(=O)(=O)NCCn1nc(-c2ccncc2)c2c1CCCC2. The molecule has 0 saturated heterocycles. The molecule has 1 aromatic carbocycles. The number of fused-ring (bicyclic) bond motifs is 1. The van der Waals surface area contributed by atoms with Gasteiger partial charge in [0.15, 0.2) is 0 Å². The zero-order chi connectivity index (χ0) is 20.4. The smallest absolute Gasteiger partial charge is 0.240 e. The van der Waals surface area contributed by atoms with Crippen LogP contribution in [0.15, 0.2) is 47.6 Å². The second kappa shape index (κ2) is 8.04. The minimum absolute atomic E-state index is 0.0962. The van der Waals surface area contributed by atoms with Gasteiger partial charge in [0.2, 0.25) is 10.0 Å². The first-order valence-electron chi connectivity index (χ1n) is 9.70. The zero-order valence-corrected chi connectivity index (χ0v) is 17.0. The Balaban J connectivity index is 1.54. The van der Waals surface area contributed by atoms with Crippen molar-refractivity contribution < 1.29 is 12.8 Å². The van der Waals surface area contributed by atoms with E-state index in [4.69, 9.17) is 5.10 Å². The van der Waals surface area contributed by atoms with E-state index in [-0.39, 0.29) is 11.4 Å². The van der Waals surface area contributed by atoms with Crippen LogP contribution in [0.3, 0.4) is 0 Å². The summed E-state index contributed by atoms with van der Waals surface area (Å²) in [4.78, 5) is 4.17. The average Bonchev–Trinajstić information content (AvgIpc) is 3.07. The Kier molecular flexibility index (Phi) is 5.47. The van der Waals surface area contributed by atoms with E-state index in [1.807, 2.05) is 16.8 Å². The number of benzene rings is 1. The van der Waals surface area contributed by atoms with Gasteiger partial charge in [0.1, 0.15) is 5.82 Å². The van der Waals surface area contributed by atoms with E-state index in [1.165, 1.54) is 23.4 Å². The molecule has 0 aliphatic heterocycles. The van der Waals surface area contributed by atoms with Crippen molar-refractivity contribution in [2.24, 2.45) is 0 Å². The summed E-state index contributed by atoms with van der Waals surface area (Å²) in [7, 11) is -3.71. The predicted octanol–water partition coefficient (Wildman–Crippen LogP) is 3.25. The average molecular weight is 415 g/mol. The van der Waals surface area contributed by atoms with Crippen molar-refractivity contribution in [3.8, 4) is 11.3 Å². The number of hydrogen-bond acceptors (Lipinski definition) is 4. The number of nitrogens with zero attached hydrogens (tertiary/aromatic N) is 3. The number of hydrogen-bond donors (Lipinski definition) is 1. The molecule has 152 valence electrons. The fraction of sp³-hybridized carbons (Fsp3) is 0.333. The maximum Gasteiger partial charge on any atom is 0.240 e. The van der Waals surface area contributed by atoms with Gasteiger partial charge in [0.25, 0.3) is 0 Å². The molecule has 4 rings (SSSR count). The van der Waals surface area contributed by atoms with Crippen molar-refractivity contribution in [3.05, 3.63) is 65.4 Å². The first-order chi connectivity index (χ1) is 14.0. The first-order valence-corrected chi connectivity index (χ1v) is 11.2. The highest BCUT2D eigenvalue weighted by Gasteiger charge is 2.22. The quantitative estimate of drug-likeness (QED) is 0.672. The topological polar surface area (TPSA) is 76.9 Å². The van der Waals surface area contributed by atoms with E-state index in [2.05, 4.69) is 9.71 Å². The van der Waals surface area contributed by atoms with Crippen LogP contribution >= 0.6 is 0 Å². The second-order valence-corrected chi connectivity index (χ2v) is 8.98. The Morgan fingerprint density at radius 1 is 1.14 bits per heavy atom. The summed E-state index contributed by atoms with van der Waals surface area (Å²) in [6.45, 7) is 2.23. The van der Waals surface area contributed by atoms with Gasteiger partial charge in [-0.2, -0.15) is 5.10 Å². The maximum absolute atomic E-state index is 13.3. The van der Waals surface area contributed by atoms with E-state index < -0.39 is 15.8 Å². The predicted molar refractivity (Wildman–Crippen MR) is 108 cm³/mol. The summed E-state index contributed by atoms with van der Waals surface area (Å²) >= 11 is 0. The van der Waals surface area contributed by atoms with Crippen LogP contribution in [0.2, 0.25) is 0 Å². The molecule has 1 N–H and O–H groups in total. The third kappa shape index (κ3) is 4.09. The first kappa shape index (κ1) is 19.7. The summed E-state index contributed by atoms with van der Waals surface area (Å²) in [5, 5.41) is 4.79. The van der Waals surface area contributed by atoms with E-state index >= 15 is 0 Å². The van der Waals surface area contributed by atoms with Gasteiger partial charge >= 0.3 is 0 Å². The van der Waals surface area contributed by atoms with Gasteiger partial charge in [-0.15, -0.1) is 0 Å². The highest BCUT2D eigenvalue weighted by molar-refractivity contribution is 7.89. The summed E-state index contributed by atoms with van der Waals surface area (Å²) in [5.74, 6) is -0.451. The molecule has 0 fully saturated rings. The second-order valence-electron chi connectivity index (χ2n) is 7.25. The standard InChI is InChI=1S/C21H23FN4O2S/c1-15-14-17(22)6-7-20(15)29(27,28)24-12-13-26-19-5-3-2-4-18(19)21(25-26)16-8-10-23-11-9-16/h6-11,14,24H,2-5,12-13H2,1H3. The largest absolute Gasteiger partial charge is 0.267 e. The van der Waals surface area contributed by atoms with Crippen molar-refractivity contribution >= 4 is 10.0 Å². The molecule has 6 nitrogen and oxygen atoms in total. The molecule has 0 bridgehead atoms. The Labute approximate surface area is 169 Å². The van der Waals surface area contributed by atoms with Gasteiger partial charge in [0.05, 0.1) is 17.1 Å². The van der Waals surface area contributed by atoms with Crippen molar-refractivity contribution in [3.63, 3.8) is 0 Å². The normalized spacial score (nSPS) is 14.0. The maximum atomic E-state index is 13.3. The lowest BCUT2D eigenvalue weighted by atomic mass is 9.94. The van der Waals surface area contributed by atoms with Crippen molar-refractivity contribution in [1.82, 2.24) is 19.5 Å². The monoisotopic (exact) mass is 414 g/mol. The number of halogens is 1. The van der Waals surface area contributed by atoms with Crippen LogP contribution in [0.1, 0.15) is 29.7 Å². The summed E-state index contributed by atoms with van der Waals surface area (Å²) in [6, 6.07) is 7.57. The fourth-order valence-corrected chi connectivity index (χ4v) is 5.12. The molecule has 8 heteroatoms. The number of sulfonamides is 1. The molecule has 1 aliphatic carbocycles. The van der Waals surface area contributed by atoms with Gasteiger partial charge in [-0.1, -0.05) is 0 Å². The summed E-state index contributed by atoms with van der Waals surface area (Å²) < 4.78 is 43.0. The lowest BCUT2D eigenvalue weighted by Gasteiger charge is -2.15. The molecule has 0 saturated carbocycles. The van der Waals surface area contributed by atoms with Gasteiger partial charge in [-0.05, 0) is 68.5 Å². The van der Waals surface area contributed by atoms with E-state index in [1.54, 1.807) is 19.3 Å². The lowest BCUT2D eigenvalue weighted by molar-refractivity contribution is 0.538. The zero-order valence-electron chi connectivity index (χ0n) is 16.2. The molecule has 2 aromatic heterocycles. The Bertz CT molecular complexity index is 1130. The third-order valence-electron chi connectivity index (χ3n) is 5.25. The highest BCUT2D eigenvalue weighted by Crippen LogP contribution is 2.30. The molecule has 29 heavy (non-hydrogen) atoms. The van der Waals surface area contributed by atoms with Crippen LogP contribution < -0.4 is 4.72 Å². The Morgan fingerprint density at radius 2 is 1.90 bits per heavy atom. The molecule has 1 aliphatic rings. The molecular formula is C21H23FN4O2S. The van der Waals surface area contributed by atoms with Crippen LogP contribution in [0, 0.1) is 12.7 Å². The van der Waals surface area contributed by atoms with Crippen LogP contribution in [0.5, 0.6) is 0 Å². The molecule has 0 spiro atoms. The van der Waals surface area contributed by atoms with E-state index in [0.717, 1.165) is 43.0 Å². The number of aryl methyl sites for hydroxylation is 1. The van der Waals surface area contributed by atoms with Crippen molar-refractivity contribution in [1.29, 1.82) is 0 Å². The molecule has 0 unspecified atom stereocenters. The van der Waals surface area contributed by atoms with Gasteiger partial charge < -0.3 is 0 Å². The summed E-state index contributed by atoms with van der Waals surface area (Å²) in [5.41, 5.74) is 4.80. The van der Waals surface area contributed by atoms with Crippen LogP contribution in [-0.4, -0.2) is 29.7 Å². The van der Waals surface area contributed by atoms with E-state index in [0.29, 0.717) is 12.1 Å². The van der Waals surface area contributed by atoms with Crippen LogP contribution in [0.4, 0.5) is 4.39 Å². The molecule has 3 aromatic rings. The Hall–Kier alpha value is -2.58. The van der Waals surface area contributed by atoms with Crippen LogP contribution in [-0.2, 0) is 29.4 Å². The van der Waals surface area contributed by atoms with E-state index in [9.17, 15) is 12.8 Å². The number of aromatic nitrogens is 3. The Morgan fingerprint density at radius 3 is 2.66 bits per heavy atom. The molecule has 0 atom stereocenters. The molecule has 0 amide bonds. The van der Waals surface area contributed by atoms with Gasteiger partial charge in [-0.3, -0.25) is 9.67 Å². The molecule has 0 radical (unpaired) electrons. The third-order valence-corrected chi connectivity index (χ3v) is 6.87. The minimum atomic E-state index is -3.71. The van der Waals surface area contributed by atoms with Crippen molar-refractivity contribution in [2.45, 2.75) is 44.0 Å². The number of rotatable bonds is 6. The number of nitrogens with one attached hydrogen (secondary N) is 1. The molecular weight excluding hydrogens is 391 g/mol. The number of pyridine rings is 1. The lowest BCUT2D eigenvalue weighted by Crippen LogP contribution is -2.29. The fourth-order valence-electron chi connectivity index (χ4n) is 3.88.